The summed E-state index contributed by atoms with van der Waals surface area (Å²) in [5.74, 6) is 1.05. The van der Waals surface area contributed by atoms with Crippen molar-refractivity contribution in [1.82, 2.24) is 14.5 Å². The molecule has 0 spiro atoms. The lowest BCUT2D eigenvalue weighted by Gasteiger charge is -2.27. The van der Waals surface area contributed by atoms with Gasteiger partial charge in [-0.3, -0.25) is 4.90 Å². The molecule has 4 nitrogen and oxygen atoms in total. The third-order valence-corrected chi connectivity index (χ3v) is 3.12. The van der Waals surface area contributed by atoms with Crippen LogP contribution in [-0.4, -0.2) is 39.3 Å². The molecule has 1 aromatic heterocycles. The van der Waals surface area contributed by atoms with E-state index in [0.29, 0.717) is 0 Å². The molecule has 0 radical (unpaired) electrons. The van der Waals surface area contributed by atoms with E-state index in [1.165, 1.54) is 0 Å². The third kappa shape index (κ3) is 4.48. The van der Waals surface area contributed by atoms with Gasteiger partial charge in [-0.2, -0.15) is 0 Å². The molecule has 0 saturated carbocycles. The highest BCUT2D eigenvalue weighted by molar-refractivity contribution is 4.90. The Morgan fingerprint density at radius 3 is 2.59 bits per heavy atom. The van der Waals surface area contributed by atoms with Crippen molar-refractivity contribution in [3.05, 3.63) is 18.2 Å². The number of imidazole rings is 1. The van der Waals surface area contributed by atoms with E-state index < -0.39 is 0 Å². The largest absolute Gasteiger partial charge is 0.393 e. The smallest absolute Gasteiger partial charge is 0.122 e. The number of aliphatic hydroxyl groups is 1. The quantitative estimate of drug-likeness (QED) is 0.849. The lowest BCUT2D eigenvalue weighted by atomic mass is 9.87. The van der Waals surface area contributed by atoms with Crippen molar-refractivity contribution in [1.29, 1.82) is 0 Å². The first-order chi connectivity index (χ1) is 7.80. The summed E-state index contributed by atoms with van der Waals surface area (Å²) in [5.41, 5.74) is -0.0376. The Kier molecular flexibility index (Phi) is 4.71. The molecule has 1 aromatic rings. The fourth-order valence-corrected chi connectivity index (χ4v) is 1.65. The maximum Gasteiger partial charge on any atom is 0.122 e. The molecule has 1 atom stereocenters. The summed E-state index contributed by atoms with van der Waals surface area (Å²) in [6.07, 6.45) is 4.30. The average molecular weight is 239 g/mol. The minimum absolute atomic E-state index is 0.0376. The van der Waals surface area contributed by atoms with Gasteiger partial charge in [0.05, 0.1) is 12.6 Å². The molecule has 1 heterocycles. The van der Waals surface area contributed by atoms with Crippen molar-refractivity contribution in [2.75, 3.05) is 13.6 Å². The highest BCUT2D eigenvalue weighted by Crippen LogP contribution is 2.21. The predicted molar refractivity (Wildman–Crippen MR) is 69.6 cm³/mol. The summed E-state index contributed by atoms with van der Waals surface area (Å²) in [4.78, 5) is 6.48. The summed E-state index contributed by atoms with van der Waals surface area (Å²) in [7, 11) is 4.06. The van der Waals surface area contributed by atoms with Crippen LogP contribution < -0.4 is 0 Å². The predicted octanol–water partition coefficient (Wildman–Crippen LogP) is 1.65. The Morgan fingerprint density at radius 1 is 1.47 bits per heavy atom. The lowest BCUT2D eigenvalue weighted by Crippen LogP contribution is -2.31. The van der Waals surface area contributed by atoms with Gasteiger partial charge < -0.3 is 9.67 Å². The third-order valence-electron chi connectivity index (χ3n) is 3.12. The fourth-order valence-electron chi connectivity index (χ4n) is 1.65. The Morgan fingerprint density at radius 2 is 2.12 bits per heavy atom. The van der Waals surface area contributed by atoms with Gasteiger partial charge in [0.25, 0.3) is 0 Å². The molecular weight excluding hydrogens is 214 g/mol. The summed E-state index contributed by atoms with van der Waals surface area (Å²) in [6.45, 7) is 7.90. The molecule has 0 aliphatic rings. The van der Waals surface area contributed by atoms with Crippen LogP contribution in [-0.2, 0) is 13.6 Å². The van der Waals surface area contributed by atoms with E-state index in [1.807, 2.05) is 24.0 Å². The van der Waals surface area contributed by atoms with Gasteiger partial charge >= 0.3 is 0 Å². The minimum Gasteiger partial charge on any atom is -0.393 e. The molecule has 0 amide bonds. The molecule has 98 valence electrons. The molecule has 1 rings (SSSR count). The van der Waals surface area contributed by atoms with E-state index in [1.54, 1.807) is 0 Å². The van der Waals surface area contributed by atoms with Gasteiger partial charge in [-0.05, 0) is 18.9 Å². The van der Waals surface area contributed by atoms with E-state index in [0.717, 1.165) is 25.3 Å². The molecule has 0 aliphatic heterocycles. The molecule has 0 saturated heterocycles. The van der Waals surface area contributed by atoms with Gasteiger partial charge in [0.1, 0.15) is 5.82 Å². The van der Waals surface area contributed by atoms with Gasteiger partial charge in [-0.1, -0.05) is 20.8 Å². The van der Waals surface area contributed by atoms with Crippen LogP contribution in [0.3, 0.4) is 0 Å². The van der Waals surface area contributed by atoms with Crippen LogP contribution in [0.15, 0.2) is 12.4 Å². The number of aromatic nitrogens is 2. The van der Waals surface area contributed by atoms with Crippen molar-refractivity contribution in [2.24, 2.45) is 12.5 Å². The zero-order valence-corrected chi connectivity index (χ0v) is 11.6. The second kappa shape index (κ2) is 5.65. The van der Waals surface area contributed by atoms with E-state index in [2.05, 4.69) is 37.7 Å². The first kappa shape index (κ1) is 14.2. The van der Waals surface area contributed by atoms with E-state index in [4.69, 9.17) is 0 Å². The number of rotatable bonds is 5. The van der Waals surface area contributed by atoms with Gasteiger partial charge in [-0.25, -0.2) is 4.98 Å². The Hall–Kier alpha value is -0.870. The normalized spacial score (nSPS) is 14.3. The van der Waals surface area contributed by atoms with Crippen molar-refractivity contribution < 1.29 is 5.11 Å². The topological polar surface area (TPSA) is 41.3 Å². The summed E-state index contributed by atoms with van der Waals surface area (Å²) in [6, 6.07) is 0. The van der Waals surface area contributed by atoms with Crippen LogP contribution in [0.5, 0.6) is 0 Å². The van der Waals surface area contributed by atoms with Crippen molar-refractivity contribution in [2.45, 2.75) is 39.8 Å². The van der Waals surface area contributed by atoms with E-state index in [-0.39, 0.29) is 11.5 Å². The number of aliphatic hydroxyl groups excluding tert-OH is 1. The Balaban J connectivity index is 2.36. The molecule has 0 bridgehead atoms. The highest BCUT2D eigenvalue weighted by Gasteiger charge is 2.22. The minimum atomic E-state index is -0.258. The number of hydrogen-bond acceptors (Lipinski definition) is 3. The standard InChI is InChI=1S/C13H25N3O/c1-13(2,3)11(17)6-8-15(4)10-12-14-7-9-16(12)5/h7,9,11,17H,6,8,10H2,1-5H3. The van der Waals surface area contributed by atoms with Crippen molar-refractivity contribution >= 4 is 0 Å². The zero-order valence-electron chi connectivity index (χ0n) is 11.6. The van der Waals surface area contributed by atoms with Crippen molar-refractivity contribution in [3.8, 4) is 0 Å². The Bertz CT molecular complexity index is 341. The van der Waals surface area contributed by atoms with Gasteiger partial charge in [0.15, 0.2) is 0 Å². The number of hydrogen-bond donors (Lipinski definition) is 1. The van der Waals surface area contributed by atoms with E-state index >= 15 is 0 Å². The van der Waals surface area contributed by atoms with Gasteiger partial charge in [0, 0.05) is 26.0 Å². The monoisotopic (exact) mass is 239 g/mol. The van der Waals surface area contributed by atoms with Crippen LogP contribution in [0.2, 0.25) is 0 Å². The summed E-state index contributed by atoms with van der Waals surface area (Å²) >= 11 is 0. The fraction of sp³-hybridized carbons (Fsp3) is 0.769. The lowest BCUT2D eigenvalue weighted by molar-refractivity contribution is 0.0471. The first-order valence-corrected chi connectivity index (χ1v) is 6.13. The van der Waals surface area contributed by atoms with Gasteiger partial charge in [-0.15, -0.1) is 0 Å². The first-order valence-electron chi connectivity index (χ1n) is 6.13. The molecule has 1 N–H and O–H groups in total. The summed E-state index contributed by atoms with van der Waals surface area (Å²) in [5, 5.41) is 9.97. The molecule has 0 fully saturated rings. The molecule has 0 aromatic carbocycles. The maximum atomic E-state index is 9.97. The van der Waals surface area contributed by atoms with Crippen LogP contribution in [0, 0.1) is 5.41 Å². The van der Waals surface area contributed by atoms with Gasteiger partial charge in [0.2, 0.25) is 0 Å². The molecule has 17 heavy (non-hydrogen) atoms. The van der Waals surface area contributed by atoms with E-state index in [9.17, 15) is 5.11 Å². The van der Waals surface area contributed by atoms with Crippen LogP contribution in [0.1, 0.15) is 33.0 Å². The average Bonchev–Trinajstić information content (AvgIpc) is 2.59. The van der Waals surface area contributed by atoms with Crippen LogP contribution in [0.4, 0.5) is 0 Å². The number of aryl methyl sites for hydroxylation is 1. The molecule has 0 aliphatic carbocycles. The SMILES string of the molecule is CN(CCC(O)C(C)(C)C)Cc1nccn1C. The maximum absolute atomic E-state index is 9.97. The summed E-state index contributed by atoms with van der Waals surface area (Å²) < 4.78 is 2.02. The second-order valence-electron chi connectivity index (χ2n) is 5.86. The second-order valence-corrected chi connectivity index (χ2v) is 5.86. The van der Waals surface area contributed by atoms with Crippen LogP contribution >= 0.6 is 0 Å². The molecule has 4 heteroatoms. The number of nitrogens with zero attached hydrogens (tertiary/aromatic N) is 3. The highest BCUT2D eigenvalue weighted by atomic mass is 16.3. The Labute approximate surface area is 104 Å². The molecule has 1 unspecified atom stereocenters. The van der Waals surface area contributed by atoms with Crippen LogP contribution in [0.25, 0.3) is 0 Å². The zero-order chi connectivity index (χ0) is 13.1. The molecular formula is C13H25N3O. The van der Waals surface area contributed by atoms with Crippen molar-refractivity contribution in [3.63, 3.8) is 0 Å².